The van der Waals surface area contributed by atoms with Crippen LogP contribution in [0, 0.1) is 6.92 Å². The van der Waals surface area contributed by atoms with E-state index in [4.69, 9.17) is 25.8 Å². The molecule has 1 aliphatic rings. The molecule has 156 valence electrons. The number of carbonyl (C=O) groups is 2. The Balaban J connectivity index is 1.54. The molecule has 3 aromatic carbocycles. The van der Waals surface area contributed by atoms with Crippen LogP contribution in [0.15, 0.2) is 66.4 Å². The summed E-state index contributed by atoms with van der Waals surface area (Å²) < 4.78 is 16.5. The van der Waals surface area contributed by atoms with Gasteiger partial charge in [0.25, 0.3) is 0 Å². The first-order chi connectivity index (χ1) is 15.0. The molecule has 1 heterocycles. The van der Waals surface area contributed by atoms with Gasteiger partial charge < -0.3 is 14.2 Å². The van der Waals surface area contributed by atoms with E-state index in [0.29, 0.717) is 34.3 Å². The van der Waals surface area contributed by atoms with Crippen LogP contribution in [-0.2, 0) is 11.3 Å². The molecule has 0 saturated heterocycles. The van der Waals surface area contributed by atoms with Gasteiger partial charge in [0.2, 0.25) is 5.78 Å². The lowest BCUT2D eigenvalue weighted by atomic mass is 10.1. The number of rotatable bonds is 5. The summed E-state index contributed by atoms with van der Waals surface area (Å²) in [6.07, 6.45) is 1.65. The topological polar surface area (TPSA) is 61.8 Å². The molecule has 0 radical (unpaired) electrons. The summed E-state index contributed by atoms with van der Waals surface area (Å²) >= 11 is 6.19. The number of benzene rings is 3. The fourth-order valence-electron chi connectivity index (χ4n) is 3.28. The molecule has 0 saturated carbocycles. The largest absolute Gasteiger partial charge is 0.488 e. The van der Waals surface area contributed by atoms with Crippen LogP contribution in [0.25, 0.3) is 6.08 Å². The highest BCUT2D eigenvalue weighted by atomic mass is 35.5. The Morgan fingerprint density at radius 2 is 1.81 bits per heavy atom. The first-order valence-electron chi connectivity index (χ1n) is 9.60. The molecule has 0 aromatic heterocycles. The van der Waals surface area contributed by atoms with E-state index in [2.05, 4.69) is 0 Å². The van der Waals surface area contributed by atoms with E-state index in [1.54, 1.807) is 42.5 Å². The van der Waals surface area contributed by atoms with Crippen molar-refractivity contribution in [3.8, 4) is 11.5 Å². The fraction of sp³-hybridized carbons (Fsp3) is 0.120. The summed E-state index contributed by atoms with van der Waals surface area (Å²) in [5, 5.41) is 0.635. The summed E-state index contributed by atoms with van der Waals surface area (Å²) in [5.74, 6) is 0.703. The molecule has 0 bridgehead atoms. The number of halogens is 1. The highest BCUT2D eigenvalue weighted by Crippen LogP contribution is 2.39. The molecular formula is C25H19ClO5. The molecule has 31 heavy (non-hydrogen) atoms. The molecule has 0 unspecified atom stereocenters. The van der Waals surface area contributed by atoms with Gasteiger partial charge in [0, 0.05) is 16.1 Å². The molecule has 0 fully saturated rings. The SMILES string of the molecule is COC(=O)c1ccc(/C=C2\Oc3c(ccc(OCc4ccccc4Cl)c3C)C2=O)cc1. The molecule has 6 heteroatoms. The number of allylic oxidation sites excluding steroid dienone is 1. The maximum Gasteiger partial charge on any atom is 0.337 e. The normalized spacial score (nSPS) is 13.6. The van der Waals surface area contributed by atoms with Crippen molar-refractivity contribution in [2.24, 2.45) is 0 Å². The molecule has 0 amide bonds. The van der Waals surface area contributed by atoms with E-state index in [1.165, 1.54) is 7.11 Å². The first kappa shape index (κ1) is 20.7. The van der Waals surface area contributed by atoms with E-state index in [0.717, 1.165) is 16.7 Å². The Labute approximate surface area is 184 Å². The minimum absolute atomic E-state index is 0.201. The van der Waals surface area contributed by atoms with Crippen LogP contribution in [0.2, 0.25) is 5.02 Å². The van der Waals surface area contributed by atoms with Crippen LogP contribution in [-0.4, -0.2) is 18.9 Å². The average molecular weight is 435 g/mol. The third-order valence-electron chi connectivity index (χ3n) is 5.01. The number of hydrogen-bond acceptors (Lipinski definition) is 5. The Hall–Kier alpha value is -3.57. The second kappa shape index (κ2) is 8.66. The summed E-state index contributed by atoms with van der Waals surface area (Å²) in [6, 6.07) is 17.7. The van der Waals surface area contributed by atoms with Crippen molar-refractivity contribution >= 4 is 29.4 Å². The molecular weight excluding hydrogens is 416 g/mol. The van der Waals surface area contributed by atoms with Crippen molar-refractivity contribution < 1.29 is 23.8 Å². The number of methoxy groups -OCH3 is 1. The van der Waals surface area contributed by atoms with Crippen LogP contribution >= 0.6 is 11.6 Å². The maximum absolute atomic E-state index is 12.8. The molecule has 0 N–H and O–H groups in total. The Morgan fingerprint density at radius 3 is 2.52 bits per heavy atom. The summed E-state index contributed by atoms with van der Waals surface area (Å²) in [5.41, 5.74) is 3.26. The lowest BCUT2D eigenvalue weighted by molar-refractivity contribution is 0.0600. The van der Waals surface area contributed by atoms with Crippen LogP contribution in [0.3, 0.4) is 0 Å². The zero-order chi connectivity index (χ0) is 22.0. The molecule has 0 spiro atoms. The molecule has 4 rings (SSSR count). The fourth-order valence-corrected chi connectivity index (χ4v) is 3.47. The molecule has 0 aliphatic carbocycles. The quantitative estimate of drug-likeness (QED) is 0.384. The zero-order valence-corrected chi connectivity index (χ0v) is 17.7. The standard InChI is InChI=1S/C25H19ClO5/c1-15-21(30-14-18-5-3-4-6-20(18)26)12-11-19-23(27)22(31-24(15)19)13-16-7-9-17(10-8-16)25(28)29-2/h3-13H,14H2,1-2H3/b22-13-. The second-order valence-corrected chi connectivity index (χ2v) is 7.41. The molecule has 1 aliphatic heterocycles. The van der Waals surface area contributed by atoms with Gasteiger partial charge in [-0.05, 0) is 48.9 Å². The van der Waals surface area contributed by atoms with E-state index >= 15 is 0 Å². The lowest BCUT2D eigenvalue weighted by Gasteiger charge is -2.12. The first-order valence-corrected chi connectivity index (χ1v) is 9.98. The third kappa shape index (κ3) is 4.18. The minimum Gasteiger partial charge on any atom is -0.488 e. The minimum atomic E-state index is -0.417. The number of ketones is 1. The van der Waals surface area contributed by atoms with Crippen molar-refractivity contribution in [1.29, 1.82) is 0 Å². The highest BCUT2D eigenvalue weighted by Gasteiger charge is 2.30. The Morgan fingerprint density at radius 1 is 1.06 bits per heavy atom. The van der Waals surface area contributed by atoms with Crippen LogP contribution in [0.5, 0.6) is 11.5 Å². The predicted octanol–water partition coefficient (Wildman–Crippen LogP) is 5.63. The van der Waals surface area contributed by atoms with Crippen molar-refractivity contribution in [1.82, 2.24) is 0 Å². The van der Waals surface area contributed by atoms with Crippen LogP contribution in [0.4, 0.5) is 0 Å². The number of ether oxygens (including phenoxy) is 3. The average Bonchev–Trinajstić information content (AvgIpc) is 3.10. The Kier molecular flexibility index (Phi) is 5.78. The van der Waals surface area contributed by atoms with Gasteiger partial charge in [-0.2, -0.15) is 0 Å². The van der Waals surface area contributed by atoms with Crippen LogP contribution in [0.1, 0.15) is 37.4 Å². The molecule has 5 nitrogen and oxygen atoms in total. The van der Waals surface area contributed by atoms with Gasteiger partial charge in [-0.15, -0.1) is 0 Å². The van der Waals surface area contributed by atoms with E-state index in [9.17, 15) is 9.59 Å². The number of Topliss-reactive ketones (excluding diaryl/α,β-unsaturated/α-hetero) is 1. The van der Waals surface area contributed by atoms with Gasteiger partial charge >= 0.3 is 5.97 Å². The van der Waals surface area contributed by atoms with Crippen molar-refractivity contribution in [3.63, 3.8) is 0 Å². The van der Waals surface area contributed by atoms with Crippen molar-refractivity contribution in [2.75, 3.05) is 7.11 Å². The van der Waals surface area contributed by atoms with Gasteiger partial charge in [-0.1, -0.05) is 41.9 Å². The van der Waals surface area contributed by atoms with Gasteiger partial charge in [-0.25, -0.2) is 4.79 Å². The Bertz CT molecular complexity index is 1200. The molecule has 0 atom stereocenters. The predicted molar refractivity (Wildman–Crippen MR) is 118 cm³/mol. The molecule has 3 aromatic rings. The van der Waals surface area contributed by atoms with Gasteiger partial charge in [0.15, 0.2) is 5.76 Å². The van der Waals surface area contributed by atoms with Gasteiger partial charge in [0.1, 0.15) is 18.1 Å². The summed E-state index contributed by atoms with van der Waals surface area (Å²) in [4.78, 5) is 24.4. The summed E-state index contributed by atoms with van der Waals surface area (Å²) in [6.45, 7) is 2.16. The monoisotopic (exact) mass is 434 g/mol. The summed E-state index contributed by atoms with van der Waals surface area (Å²) in [7, 11) is 1.33. The van der Waals surface area contributed by atoms with Gasteiger partial charge in [-0.3, -0.25) is 4.79 Å². The van der Waals surface area contributed by atoms with E-state index in [-0.39, 0.29) is 11.5 Å². The van der Waals surface area contributed by atoms with Crippen molar-refractivity contribution in [3.05, 3.63) is 99.3 Å². The second-order valence-electron chi connectivity index (χ2n) is 7.00. The number of esters is 1. The maximum atomic E-state index is 12.8. The smallest absolute Gasteiger partial charge is 0.337 e. The van der Waals surface area contributed by atoms with Gasteiger partial charge in [0.05, 0.1) is 18.2 Å². The number of hydrogen-bond donors (Lipinski definition) is 0. The third-order valence-corrected chi connectivity index (χ3v) is 5.38. The lowest BCUT2D eigenvalue weighted by Crippen LogP contribution is -2.01. The zero-order valence-electron chi connectivity index (χ0n) is 17.0. The van der Waals surface area contributed by atoms with Crippen LogP contribution < -0.4 is 9.47 Å². The van der Waals surface area contributed by atoms with E-state index in [1.807, 2.05) is 31.2 Å². The highest BCUT2D eigenvalue weighted by molar-refractivity contribution is 6.31. The number of fused-ring (bicyclic) bond motifs is 1. The van der Waals surface area contributed by atoms with E-state index < -0.39 is 5.97 Å². The number of carbonyl (C=O) groups excluding carboxylic acids is 2. The van der Waals surface area contributed by atoms with Crippen molar-refractivity contribution in [2.45, 2.75) is 13.5 Å².